The van der Waals surface area contributed by atoms with Gasteiger partial charge in [-0.25, -0.2) is 9.97 Å². The highest BCUT2D eigenvalue weighted by Gasteiger charge is 2.45. The number of amides is 1. The summed E-state index contributed by atoms with van der Waals surface area (Å²) in [4.78, 5) is 25.7. The molecule has 3 aromatic heterocycles. The summed E-state index contributed by atoms with van der Waals surface area (Å²) in [6, 6.07) is 10.5. The summed E-state index contributed by atoms with van der Waals surface area (Å²) >= 11 is 0.957. The lowest BCUT2D eigenvalue weighted by molar-refractivity contribution is -0.143. The number of fused-ring (bicyclic) bond motifs is 1. The lowest BCUT2D eigenvalue weighted by Crippen LogP contribution is -2.36. The number of benzene rings is 1. The average molecular weight is 408 g/mol. The molecule has 1 fully saturated rings. The van der Waals surface area contributed by atoms with Gasteiger partial charge in [-0.2, -0.15) is 4.39 Å². The van der Waals surface area contributed by atoms with Crippen molar-refractivity contribution in [2.45, 2.75) is 12.0 Å². The summed E-state index contributed by atoms with van der Waals surface area (Å²) in [5.74, 6) is -0.347. The molecule has 1 aromatic carbocycles. The molecule has 1 atom stereocenters. The first kappa shape index (κ1) is 18.0. The Kier molecular flexibility index (Phi) is 4.01. The van der Waals surface area contributed by atoms with Crippen LogP contribution in [0.5, 0.6) is 0 Å². The molecular weight excluding hydrogens is 391 g/mol. The molecule has 4 aromatic rings. The Morgan fingerprint density at radius 2 is 2.17 bits per heavy atom. The van der Waals surface area contributed by atoms with E-state index in [0.29, 0.717) is 34.7 Å². The second kappa shape index (κ2) is 6.47. The predicted molar refractivity (Wildman–Crippen MR) is 109 cm³/mol. The van der Waals surface area contributed by atoms with Crippen LogP contribution in [0.4, 0.5) is 4.39 Å². The van der Waals surface area contributed by atoms with E-state index in [-0.39, 0.29) is 11.6 Å². The van der Waals surface area contributed by atoms with Crippen molar-refractivity contribution in [3.05, 3.63) is 59.5 Å². The van der Waals surface area contributed by atoms with E-state index in [2.05, 4.69) is 15.0 Å². The number of hydrogen-bond donors (Lipinski definition) is 2. The Morgan fingerprint density at radius 3 is 2.97 bits per heavy atom. The van der Waals surface area contributed by atoms with Gasteiger partial charge < -0.3 is 15.0 Å². The zero-order valence-electron chi connectivity index (χ0n) is 15.5. The maximum Gasteiger partial charge on any atom is 0.258 e. The summed E-state index contributed by atoms with van der Waals surface area (Å²) < 4.78 is 14.8. The summed E-state index contributed by atoms with van der Waals surface area (Å²) in [5.41, 5.74) is 1.10. The summed E-state index contributed by atoms with van der Waals surface area (Å²) in [6.45, 7) is 0.476. The Bertz CT molecular complexity index is 1250. The van der Waals surface area contributed by atoms with Crippen LogP contribution in [0, 0.1) is 5.13 Å². The van der Waals surface area contributed by atoms with Gasteiger partial charge in [0.25, 0.3) is 5.91 Å². The van der Waals surface area contributed by atoms with E-state index in [1.807, 2.05) is 12.1 Å². The van der Waals surface area contributed by atoms with Crippen LogP contribution in [0.3, 0.4) is 0 Å². The van der Waals surface area contributed by atoms with E-state index in [9.17, 15) is 14.3 Å². The lowest BCUT2D eigenvalue weighted by atomic mass is 9.90. The Labute approximate surface area is 169 Å². The van der Waals surface area contributed by atoms with Crippen LogP contribution in [0.25, 0.3) is 32.9 Å². The number of carbonyl (C=O) groups excluding carboxylic acids is 1. The van der Waals surface area contributed by atoms with Gasteiger partial charge in [0.2, 0.25) is 5.13 Å². The van der Waals surface area contributed by atoms with Gasteiger partial charge in [-0.15, -0.1) is 0 Å². The highest BCUT2D eigenvalue weighted by atomic mass is 32.1. The maximum atomic E-state index is 14.8. The number of carbonyl (C=O) groups is 1. The van der Waals surface area contributed by atoms with Gasteiger partial charge in [0.05, 0.1) is 0 Å². The molecule has 8 heteroatoms. The van der Waals surface area contributed by atoms with Gasteiger partial charge in [-0.1, -0.05) is 29.5 Å². The van der Waals surface area contributed by atoms with Crippen molar-refractivity contribution in [2.75, 3.05) is 13.6 Å². The smallest absolute Gasteiger partial charge is 0.258 e. The largest absolute Gasteiger partial charge is 0.375 e. The third-order valence-corrected chi connectivity index (χ3v) is 6.27. The first-order valence-electron chi connectivity index (χ1n) is 9.15. The van der Waals surface area contributed by atoms with Crippen LogP contribution >= 0.6 is 11.3 Å². The fourth-order valence-corrected chi connectivity index (χ4v) is 4.62. The molecular formula is C21H17FN4O2S. The maximum absolute atomic E-state index is 14.8. The second-order valence-electron chi connectivity index (χ2n) is 7.16. The first-order valence-corrected chi connectivity index (χ1v) is 9.97. The van der Waals surface area contributed by atoms with Gasteiger partial charge >= 0.3 is 0 Å². The topological polar surface area (TPSA) is 82.1 Å². The quantitative estimate of drug-likeness (QED) is 0.543. The number of thiazole rings is 1. The van der Waals surface area contributed by atoms with Crippen LogP contribution in [-0.4, -0.2) is 44.5 Å². The van der Waals surface area contributed by atoms with E-state index in [1.165, 1.54) is 4.90 Å². The van der Waals surface area contributed by atoms with Gasteiger partial charge in [0, 0.05) is 48.9 Å². The minimum absolute atomic E-state index is 0.201. The standard InChI is InChI=1S/C21H17FN4O2S/c1-26-9-7-21(28,20(26)27)13-5-2-4-12(10-13)16-17(22)29-19(25-16)15-11-24-18-14(15)6-3-8-23-18/h2-6,8,10-11,28H,7,9H2,1H3,(H,23,24)/t21-/m1/s1. The molecule has 6 nitrogen and oxygen atoms in total. The monoisotopic (exact) mass is 408 g/mol. The van der Waals surface area contributed by atoms with Gasteiger partial charge in [0.15, 0.2) is 5.60 Å². The number of likely N-dealkylation sites (N-methyl/N-ethyl adjacent to an activating group) is 1. The molecule has 146 valence electrons. The molecule has 1 saturated heterocycles. The van der Waals surface area contributed by atoms with E-state index < -0.39 is 10.7 Å². The fourth-order valence-electron chi connectivity index (χ4n) is 3.77. The number of H-pyrrole nitrogens is 1. The lowest BCUT2D eigenvalue weighted by Gasteiger charge is -2.21. The molecule has 0 bridgehead atoms. The normalized spacial score (nSPS) is 19.4. The molecule has 2 N–H and O–H groups in total. The zero-order valence-corrected chi connectivity index (χ0v) is 16.3. The van der Waals surface area contributed by atoms with Crippen molar-refractivity contribution in [3.63, 3.8) is 0 Å². The molecule has 1 amide bonds. The number of nitrogens with one attached hydrogen (secondary N) is 1. The van der Waals surface area contributed by atoms with Gasteiger partial charge in [0.1, 0.15) is 16.3 Å². The molecule has 1 aliphatic rings. The molecule has 4 heterocycles. The summed E-state index contributed by atoms with van der Waals surface area (Å²) in [6.07, 6.45) is 3.76. The van der Waals surface area contributed by atoms with E-state index in [1.54, 1.807) is 43.7 Å². The van der Waals surface area contributed by atoms with Crippen molar-refractivity contribution in [1.82, 2.24) is 19.9 Å². The number of halogens is 1. The number of aliphatic hydroxyl groups is 1. The van der Waals surface area contributed by atoms with Gasteiger partial charge in [-0.3, -0.25) is 4.79 Å². The Balaban J connectivity index is 1.57. The predicted octanol–water partition coefficient (Wildman–Crippen LogP) is 3.54. The number of nitrogens with zero attached hydrogens (tertiary/aromatic N) is 3. The van der Waals surface area contributed by atoms with E-state index in [4.69, 9.17) is 0 Å². The highest BCUT2D eigenvalue weighted by Crippen LogP contribution is 2.38. The number of aromatic nitrogens is 3. The summed E-state index contributed by atoms with van der Waals surface area (Å²) in [5, 5.41) is 11.9. The number of pyridine rings is 1. The number of likely N-dealkylation sites (tertiary alicyclic amines) is 1. The minimum Gasteiger partial charge on any atom is -0.375 e. The van der Waals surface area contributed by atoms with Crippen LogP contribution in [0.1, 0.15) is 12.0 Å². The average Bonchev–Trinajstić information content (AvgIpc) is 3.41. The van der Waals surface area contributed by atoms with Crippen molar-refractivity contribution in [1.29, 1.82) is 0 Å². The highest BCUT2D eigenvalue weighted by molar-refractivity contribution is 7.13. The molecule has 0 spiro atoms. The van der Waals surface area contributed by atoms with E-state index >= 15 is 0 Å². The number of aromatic amines is 1. The SMILES string of the molecule is CN1CC[C@@](O)(c2cccc(-c3nc(-c4c[nH]c5ncccc45)sc3F)c2)C1=O. The summed E-state index contributed by atoms with van der Waals surface area (Å²) in [7, 11) is 1.66. The molecule has 0 unspecified atom stereocenters. The molecule has 0 radical (unpaired) electrons. The molecule has 29 heavy (non-hydrogen) atoms. The van der Waals surface area contributed by atoms with Gasteiger partial charge in [-0.05, 0) is 23.8 Å². The Morgan fingerprint density at radius 1 is 1.31 bits per heavy atom. The van der Waals surface area contributed by atoms with Crippen LogP contribution in [-0.2, 0) is 10.4 Å². The molecule has 0 saturated carbocycles. The molecule has 5 rings (SSSR count). The molecule has 1 aliphatic heterocycles. The van der Waals surface area contributed by atoms with Crippen LogP contribution < -0.4 is 0 Å². The first-order chi connectivity index (χ1) is 14.0. The van der Waals surface area contributed by atoms with Crippen molar-refractivity contribution < 1.29 is 14.3 Å². The third kappa shape index (κ3) is 2.75. The zero-order chi connectivity index (χ0) is 20.2. The minimum atomic E-state index is -1.58. The fraction of sp³-hybridized carbons (Fsp3) is 0.190. The number of hydrogen-bond acceptors (Lipinski definition) is 5. The Hall–Kier alpha value is -3.10. The second-order valence-corrected chi connectivity index (χ2v) is 8.11. The molecule has 0 aliphatic carbocycles. The van der Waals surface area contributed by atoms with Crippen molar-refractivity contribution >= 4 is 28.3 Å². The van der Waals surface area contributed by atoms with Crippen molar-refractivity contribution in [2.24, 2.45) is 0 Å². The number of rotatable bonds is 3. The van der Waals surface area contributed by atoms with Crippen molar-refractivity contribution in [3.8, 4) is 21.8 Å². The van der Waals surface area contributed by atoms with Crippen LogP contribution in [0.15, 0.2) is 48.8 Å². The van der Waals surface area contributed by atoms with E-state index in [0.717, 1.165) is 22.3 Å². The van der Waals surface area contributed by atoms with Crippen LogP contribution in [0.2, 0.25) is 0 Å². The third-order valence-electron chi connectivity index (χ3n) is 5.39.